The lowest BCUT2D eigenvalue weighted by molar-refractivity contribution is 0.480. The van der Waals surface area contributed by atoms with Gasteiger partial charge >= 0.3 is 0 Å². The van der Waals surface area contributed by atoms with E-state index in [1.54, 1.807) is 0 Å². The molecule has 2 aromatic rings. The van der Waals surface area contributed by atoms with Gasteiger partial charge in [-0.1, -0.05) is 23.7 Å². The lowest BCUT2D eigenvalue weighted by Gasteiger charge is -2.30. The Hall–Kier alpha value is -1.59. The smallest absolute Gasteiger partial charge is 0.245 e. The van der Waals surface area contributed by atoms with Gasteiger partial charge in [0.2, 0.25) is 5.95 Å². The van der Waals surface area contributed by atoms with Crippen LogP contribution in [0.25, 0.3) is 11.4 Å². The van der Waals surface area contributed by atoms with Crippen molar-refractivity contribution in [1.29, 1.82) is 0 Å². The van der Waals surface area contributed by atoms with Gasteiger partial charge in [0.1, 0.15) is 0 Å². The van der Waals surface area contributed by atoms with Gasteiger partial charge in [-0.3, -0.25) is 5.10 Å². The van der Waals surface area contributed by atoms with Crippen molar-refractivity contribution in [1.82, 2.24) is 20.5 Å². The van der Waals surface area contributed by atoms with Gasteiger partial charge < -0.3 is 10.2 Å². The van der Waals surface area contributed by atoms with E-state index in [2.05, 4.69) is 32.3 Å². The molecule has 2 N–H and O–H groups in total. The van der Waals surface area contributed by atoms with Gasteiger partial charge in [0.15, 0.2) is 5.82 Å². The SMILES string of the molecule is Cc1ccc(-c2nc(N3CCN[C@H](C)C3)n[nH]2)cc1Cl. The lowest BCUT2D eigenvalue weighted by atomic mass is 10.1. The van der Waals surface area contributed by atoms with Gasteiger partial charge in [-0.25, -0.2) is 0 Å². The van der Waals surface area contributed by atoms with E-state index in [1.165, 1.54) is 0 Å². The predicted molar refractivity (Wildman–Crippen MR) is 81.2 cm³/mol. The normalized spacial score (nSPS) is 19.4. The summed E-state index contributed by atoms with van der Waals surface area (Å²) in [4.78, 5) is 6.77. The average Bonchev–Trinajstić information content (AvgIpc) is 2.92. The van der Waals surface area contributed by atoms with Gasteiger partial charge in [0.25, 0.3) is 0 Å². The molecule has 1 atom stereocenters. The molecule has 0 bridgehead atoms. The van der Waals surface area contributed by atoms with Crippen LogP contribution < -0.4 is 10.2 Å². The molecule has 0 spiro atoms. The number of nitrogens with zero attached hydrogens (tertiary/aromatic N) is 3. The van der Waals surface area contributed by atoms with E-state index in [9.17, 15) is 0 Å². The summed E-state index contributed by atoms with van der Waals surface area (Å²) in [7, 11) is 0. The number of aryl methyl sites for hydroxylation is 1. The highest BCUT2D eigenvalue weighted by Crippen LogP contribution is 2.24. The molecular formula is C14H18ClN5. The van der Waals surface area contributed by atoms with Crippen LogP contribution in [-0.4, -0.2) is 40.9 Å². The number of anilines is 1. The van der Waals surface area contributed by atoms with E-state index in [-0.39, 0.29) is 0 Å². The Balaban J connectivity index is 1.84. The van der Waals surface area contributed by atoms with Crippen molar-refractivity contribution in [3.8, 4) is 11.4 Å². The summed E-state index contributed by atoms with van der Waals surface area (Å²) in [6.45, 7) is 6.96. The maximum absolute atomic E-state index is 6.16. The Kier molecular flexibility index (Phi) is 3.63. The highest BCUT2D eigenvalue weighted by atomic mass is 35.5. The fourth-order valence-electron chi connectivity index (χ4n) is 2.38. The number of rotatable bonds is 2. The summed E-state index contributed by atoms with van der Waals surface area (Å²) in [5.74, 6) is 1.51. The molecule has 1 fully saturated rings. The maximum atomic E-state index is 6.16. The van der Waals surface area contributed by atoms with Crippen LogP contribution in [0, 0.1) is 6.92 Å². The molecular weight excluding hydrogens is 274 g/mol. The molecule has 20 heavy (non-hydrogen) atoms. The standard InChI is InChI=1S/C14H18ClN5/c1-9-3-4-11(7-12(9)15)13-17-14(19-18-13)20-6-5-16-10(2)8-20/h3-4,7,10,16H,5-6,8H2,1-2H3,(H,17,18,19)/t10-/m1/s1. The van der Waals surface area contributed by atoms with E-state index in [0.717, 1.165) is 47.6 Å². The topological polar surface area (TPSA) is 56.8 Å². The summed E-state index contributed by atoms with van der Waals surface area (Å²) in [5.41, 5.74) is 2.02. The Morgan fingerprint density at radius 3 is 3.00 bits per heavy atom. The molecule has 0 unspecified atom stereocenters. The fraction of sp³-hybridized carbons (Fsp3) is 0.429. The van der Waals surface area contributed by atoms with Crippen LogP contribution in [0.15, 0.2) is 18.2 Å². The van der Waals surface area contributed by atoms with Gasteiger partial charge in [0, 0.05) is 36.3 Å². The predicted octanol–water partition coefficient (Wildman–Crippen LogP) is 2.23. The number of aromatic amines is 1. The Labute approximate surface area is 123 Å². The van der Waals surface area contributed by atoms with Crippen LogP contribution in [0.3, 0.4) is 0 Å². The second kappa shape index (κ2) is 5.42. The van der Waals surface area contributed by atoms with Crippen molar-refractivity contribution in [3.63, 3.8) is 0 Å². The molecule has 6 heteroatoms. The Bertz CT molecular complexity index is 609. The van der Waals surface area contributed by atoms with Gasteiger partial charge in [0.05, 0.1) is 0 Å². The third-order valence-corrected chi connectivity index (χ3v) is 3.98. The first-order chi connectivity index (χ1) is 9.63. The first kappa shape index (κ1) is 13.4. The van der Waals surface area contributed by atoms with Crippen LogP contribution in [0.1, 0.15) is 12.5 Å². The molecule has 1 saturated heterocycles. The molecule has 1 aromatic carbocycles. The molecule has 1 aliphatic rings. The van der Waals surface area contributed by atoms with Crippen molar-refractivity contribution in [2.24, 2.45) is 0 Å². The van der Waals surface area contributed by atoms with Crippen molar-refractivity contribution in [3.05, 3.63) is 28.8 Å². The van der Waals surface area contributed by atoms with E-state index in [1.807, 2.05) is 25.1 Å². The number of hydrogen-bond donors (Lipinski definition) is 2. The first-order valence-electron chi connectivity index (χ1n) is 6.81. The summed E-state index contributed by atoms with van der Waals surface area (Å²) < 4.78 is 0. The van der Waals surface area contributed by atoms with Crippen LogP contribution in [0.4, 0.5) is 5.95 Å². The highest BCUT2D eigenvalue weighted by Gasteiger charge is 2.19. The molecule has 106 valence electrons. The Morgan fingerprint density at radius 2 is 2.25 bits per heavy atom. The molecule has 3 rings (SSSR count). The van der Waals surface area contributed by atoms with Crippen molar-refractivity contribution in [2.45, 2.75) is 19.9 Å². The maximum Gasteiger partial charge on any atom is 0.245 e. The van der Waals surface area contributed by atoms with Crippen molar-refractivity contribution < 1.29 is 0 Å². The fourth-order valence-corrected chi connectivity index (χ4v) is 2.56. The van der Waals surface area contributed by atoms with Crippen LogP contribution >= 0.6 is 11.6 Å². The monoisotopic (exact) mass is 291 g/mol. The molecule has 0 saturated carbocycles. The van der Waals surface area contributed by atoms with Crippen molar-refractivity contribution >= 4 is 17.5 Å². The number of hydrogen-bond acceptors (Lipinski definition) is 4. The second-order valence-electron chi connectivity index (χ2n) is 5.25. The number of piperazine rings is 1. The lowest BCUT2D eigenvalue weighted by Crippen LogP contribution is -2.49. The molecule has 0 aliphatic carbocycles. The average molecular weight is 292 g/mol. The third kappa shape index (κ3) is 2.64. The molecule has 1 aliphatic heterocycles. The molecule has 2 heterocycles. The Morgan fingerprint density at radius 1 is 1.40 bits per heavy atom. The number of aromatic nitrogens is 3. The zero-order valence-electron chi connectivity index (χ0n) is 11.7. The quantitative estimate of drug-likeness (QED) is 0.891. The zero-order valence-corrected chi connectivity index (χ0v) is 12.4. The largest absolute Gasteiger partial charge is 0.337 e. The number of H-pyrrole nitrogens is 1. The third-order valence-electron chi connectivity index (χ3n) is 3.57. The highest BCUT2D eigenvalue weighted by molar-refractivity contribution is 6.31. The van der Waals surface area contributed by atoms with Gasteiger partial charge in [-0.15, -0.1) is 5.10 Å². The minimum atomic E-state index is 0.458. The number of nitrogens with one attached hydrogen (secondary N) is 2. The minimum Gasteiger partial charge on any atom is -0.337 e. The first-order valence-corrected chi connectivity index (χ1v) is 7.18. The van der Waals surface area contributed by atoms with Crippen LogP contribution in [0.5, 0.6) is 0 Å². The number of benzene rings is 1. The minimum absolute atomic E-state index is 0.458. The van der Waals surface area contributed by atoms with Crippen LogP contribution in [0.2, 0.25) is 5.02 Å². The summed E-state index contributed by atoms with van der Waals surface area (Å²) in [6.07, 6.45) is 0. The summed E-state index contributed by atoms with van der Waals surface area (Å²) in [5, 5.41) is 11.5. The molecule has 1 aromatic heterocycles. The van der Waals surface area contributed by atoms with E-state index in [4.69, 9.17) is 11.6 Å². The van der Waals surface area contributed by atoms with Crippen molar-refractivity contribution in [2.75, 3.05) is 24.5 Å². The molecule has 0 amide bonds. The zero-order chi connectivity index (χ0) is 14.1. The van der Waals surface area contributed by atoms with E-state index >= 15 is 0 Å². The molecule has 5 nitrogen and oxygen atoms in total. The summed E-state index contributed by atoms with van der Waals surface area (Å²) in [6, 6.07) is 6.37. The summed E-state index contributed by atoms with van der Waals surface area (Å²) >= 11 is 6.16. The van der Waals surface area contributed by atoms with E-state index in [0.29, 0.717) is 6.04 Å². The van der Waals surface area contributed by atoms with Gasteiger partial charge in [-0.05, 0) is 25.5 Å². The number of halogens is 1. The second-order valence-corrected chi connectivity index (χ2v) is 5.66. The van der Waals surface area contributed by atoms with Crippen LogP contribution in [-0.2, 0) is 0 Å². The molecule has 0 radical (unpaired) electrons. The van der Waals surface area contributed by atoms with Gasteiger partial charge in [-0.2, -0.15) is 4.98 Å². The van der Waals surface area contributed by atoms with E-state index < -0.39 is 0 Å².